The molecule has 214 valence electrons. The predicted molar refractivity (Wildman–Crippen MR) is 164 cm³/mol. The summed E-state index contributed by atoms with van der Waals surface area (Å²) >= 11 is 0. The van der Waals surface area contributed by atoms with Crippen LogP contribution in [0.4, 0.5) is 0 Å². The number of nitrogens with zero attached hydrogens (tertiary/aromatic N) is 6. The number of amidine groups is 1. The van der Waals surface area contributed by atoms with Crippen molar-refractivity contribution >= 4 is 5.84 Å². The molecule has 0 aromatic carbocycles. The number of rotatable bonds is 14. The molecule has 0 bridgehead atoms. The molecule has 4 rings (SSSR count). The van der Waals surface area contributed by atoms with Crippen LogP contribution in [-0.2, 0) is 6.42 Å². The zero-order valence-electron chi connectivity index (χ0n) is 25.1. The Morgan fingerprint density at radius 3 is 2.77 bits per heavy atom. The van der Waals surface area contributed by atoms with Gasteiger partial charge in [-0.1, -0.05) is 45.4 Å². The normalized spacial score (nSPS) is 19.3. The Morgan fingerprint density at radius 2 is 1.97 bits per heavy atom. The Labute approximate surface area is 237 Å². The first-order valence-electron chi connectivity index (χ1n) is 15.3. The van der Waals surface area contributed by atoms with Crippen LogP contribution >= 0.6 is 0 Å². The fourth-order valence-corrected chi connectivity index (χ4v) is 5.81. The van der Waals surface area contributed by atoms with E-state index in [9.17, 15) is 0 Å². The lowest BCUT2D eigenvalue weighted by atomic mass is 9.91. The molecule has 1 aromatic heterocycles. The molecule has 3 heterocycles. The Balaban J connectivity index is 1.58. The molecular formula is C32H51N7. The Bertz CT molecular complexity index is 1060. The van der Waals surface area contributed by atoms with Gasteiger partial charge in [-0.3, -0.25) is 14.8 Å². The number of allylic oxidation sites excluding steroid dienone is 2. The standard InChI is InChI=1S/C32H51N7/c1-6-9-21-38(8-3)23-27-24-39-30(33-20-22-36(4)7-2)17-10-11-18-31(39)35-28(27)25-37(5)29-16-12-14-26-15-13-19-34-32(26)29/h10-11,13,15,17,19,29,33H,6-9,12,14,16,18,20-25H2,1-5H3/t29-/m0/s1. The monoisotopic (exact) mass is 533 g/mol. The second kappa shape index (κ2) is 14.8. The van der Waals surface area contributed by atoms with Crippen molar-refractivity contribution in [3.8, 4) is 0 Å². The molecule has 3 aliphatic rings. The molecule has 0 saturated carbocycles. The minimum absolute atomic E-state index is 0.353. The molecule has 39 heavy (non-hydrogen) atoms. The van der Waals surface area contributed by atoms with Gasteiger partial charge >= 0.3 is 0 Å². The quantitative estimate of drug-likeness (QED) is 0.370. The first kappa shape index (κ1) is 29.5. The second-order valence-corrected chi connectivity index (χ2v) is 11.3. The average molecular weight is 534 g/mol. The second-order valence-electron chi connectivity index (χ2n) is 11.3. The van der Waals surface area contributed by atoms with E-state index in [0.29, 0.717) is 6.04 Å². The largest absolute Gasteiger partial charge is 0.370 e. The van der Waals surface area contributed by atoms with Gasteiger partial charge in [0.2, 0.25) is 0 Å². The molecule has 0 unspecified atom stereocenters. The van der Waals surface area contributed by atoms with Crippen molar-refractivity contribution < 1.29 is 0 Å². The smallest absolute Gasteiger partial charge is 0.114 e. The van der Waals surface area contributed by atoms with Gasteiger partial charge in [-0.25, -0.2) is 4.99 Å². The SMILES string of the molecule is CCCCN(CC)CC1=C(CN(C)[C@H]2CCCc3cccnc32)N=C2CC=CC=C(NCCN(C)CC)N2C1. The third-order valence-corrected chi connectivity index (χ3v) is 8.44. The fourth-order valence-electron chi connectivity index (χ4n) is 5.81. The van der Waals surface area contributed by atoms with Crippen LogP contribution in [0.3, 0.4) is 0 Å². The number of nitrogens with one attached hydrogen (secondary N) is 1. The van der Waals surface area contributed by atoms with Crippen LogP contribution in [0.1, 0.15) is 70.2 Å². The summed E-state index contributed by atoms with van der Waals surface area (Å²) in [5, 5.41) is 3.72. The van der Waals surface area contributed by atoms with E-state index in [1.165, 1.54) is 47.6 Å². The van der Waals surface area contributed by atoms with Crippen LogP contribution in [0.2, 0.25) is 0 Å². The number of unbranched alkanes of at least 4 members (excludes halogenated alkanes) is 1. The molecule has 7 nitrogen and oxygen atoms in total. The van der Waals surface area contributed by atoms with Crippen molar-refractivity contribution in [3.63, 3.8) is 0 Å². The van der Waals surface area contributed by atoms with Gasteiger partial charge in [-0.2, -0.15) is 0 Å². The lowest BCUT2D eigenvalue weighted by molar-refractivity contribution is 0.229. The third kappa shape index (κ3) is 7.80. The van der Waals surface area contributed by atoms with Gasteiger partial charge in [-0.05, 0) is 82.7 Å². The van der Waals surface area contributed by atoms with Crippen LogP contribution < -0.4 is 5.32 Å². The minimum Gasteiger partial charge on any atom is -0.370 e. The zero-order valence-corrected chi connectivity index (χ0v) is 25.1. The number of pyridine rings is 1. The van der Waals surface area contributed by atoms with E-state index in [-0.39, 0.29) is 0 Å². The molecule has 7 heteroatoms. The number of hydrogen-bond donors (Lipinski definition) is 1. The number of aliphatic imine (C=N–C) groups is 1. The topological polar surface area (TPSA) is 50.2 Å². The third-order valence-electron chi connectivity index (χ3n) is 8.44. The average Bonchev–Trinajstić information content (AvgIpc) is 3.16. The molecule has 2 aliphatic heterocycles. The van der Waals surface area contributed by atoms with Crippen molar-refractivity contribution in [1.82, 2.24) is 29.9 Å². The van der Waals surface area contributed by atoms with Gasteiger partial charge < -0.3 is 15.1 Å². The Morgan fingerprint density at radius 1 is 1.10 bits per heavy atom. The molecule has 1 atom stereocenters. The molecule has 1 N–H and O–H groups in total. The lowest BCUT2D eigenvalue weighted by Crippen LogP contribution is -2.44. The maximum atomic E-state index is 5.40. The van der Waals surface area contributed by atoms with E-state index in [4.69, 9.17) is 9.98 Å². The lowest BCUT2D eigenvalue weighted by Gasteiger charge is -2.37. The summed E-state index contributed by atoms with van der Waals surface area (Å²) in [5.74, 6) is 2.32. The highest BCUT2D eigenvalue weighted by molar-refractivity contribution is 5.88. The number of aromatic nitrogens is 1. The molecule has 1 aromatic rings. The first-order chi connectivity index (χ1) is 19.0. The van der Waals surface area contributed by atoms with Gasteiger partial charge in [-0.15, -0.1) is 0 Å². The van der Waals surface area contributed by atoms with Gasteiger partial charge in [0.05, 0.1) is 17.4 Å². The maximum Gasteiger partial charge on any atom is 0.114 e. The molecule has 0 fully saturated rings. The molecule has 0 spiro atoms. The fraction of sp³-hybridized carbons (Fsp3) is 0.625. The van der Waals surface area contributed by atoms with E-state index >= 15 is 0 Å². The van der Waals surface area contributed by atoms with Crippen molar-refractivity contribution in [2.24, 2.45) is 4.99 Å². The van der Waals surface area contributed by atoms with Crippen LogP contribution in [0.15, 0.2) is 58.6 Å². The van der Waals surface area contributed by atoms with E-state index in [1.54, 1.807) is 0 Å². The highest BCUT2D eigenvalue weighted by Crippen LogP contribution is 2.33. The highest BCUT2D eigenvalue weighted by atomic mass is 15.3. The number of likely N-dealkylation sites (N-methyl/N-ethyl adjacent to an activating group) is 3. The van der Waals surface area contributed by atoms with Crippen molar-refractivity contribution in [2.75, 3.05) is 66.5 Å². The van der Waals surface area contributed by atoms with Crippen LogP contribution in [0.5, 0.6) is 0 Å². The summed E-state index contributed by atoms with van der Waals surface area (Å²) in [5.41, 5.74) is 5.37. The minimum atomic E-state index is 0.353. The zero-order chi connectivity index (χ0) is 27.6. The van der Waals surface area contributed by atoms with Crippen LogP contribution in [0.25, 0.3) is 0 Å². The summed E-state index contributed by atoms with van der Waals surface area (Å²) in [4.78, 5) is 20.1. The van der Waals surface area contributed by atoms with Crippen LogP contribution in [-0.4, -0.2) is 96.9 Å². The van der Waals surface area contributed by atoms with Gasteiger partial charge in [0.15, 0.2) is 0 Å². The van der Waals surface area contributed by atoms with E-state index in [0.717, 1.165) is 77.5 Å². The van der Waals surface area contributed by atoms with E-state index in [1.807, 2.05) is 6.20 Å². The van der Waals surface area contributed by atoms with Crippen molar-refractivity contribution in [1.29, 1.82) is 0 Å². The number of fused-ring (bicyclic) bond motifs is 2. The van der Waals surface area contributed by atoms with Gasteiger partial charge in [0.25, 0.3) is 0 Å². The number of hydrogen-bond acceptors (Lipinski definition) is 7. The first-order valence-corrected chi connectivity index (χ1v) is 15.3. The highest BCUT2D eigenvalue weighted by Gasteiger charge is 2.29. The summed E-state index contributed by atoms with van der Waals surface area (Å²) in [6, 6.07) is 4.69. The van der Waals surface area contributed by atoms with Gasteiger partial charge in [0, 0.05) is 45.3 Å². The predicted octanol–water partition coefficient (Wildman–Crippen LogP) is 4.82. The molecule has 1 aliphatic carbocycles. The molecule has 0 radical (unpaired) electrons. The molecule has 0 amide bonds. The van der Waals surface area contributed by atoms with E-state index in [2.05, 4.69) is 90.1 Å². The van der Waals surface area contributed by atoms with Gasteiger partial charge in [0.1, 0.15) is 11.7 Å². The Kier molecular flexibility index (Phi) is 11.2. The van der Waals surface area contributed by atoms with Crippen molar-refractivity contribution in [2.45, 2.75) is 65.3 Å². The summed E-state index contributed by atoms with van der Waals surface area (Å²) in [6.07, 6.45) is 15.5. The summed E-state index contributed by atoms with van der Waals surface area (Å²) < 4.78 is 0. The maximum absolute atomic E-state index is 5.40. The van der Waals surface area contributed by atoms with Crippen LogP contribution in [0, 0.1) is 0 Å². The summed E-state index contributed by atoms with van der Waals surface area (Å²) in [6.45, 7) is 14.7. The van der Waals surface area contributed by atoms with Crippen molar-refractivity contribution in [3.05, 3.63) is 64.9 Å². The Hall–Kier alpha value is -2.48. The number of aryl methyl sites for hydroxylation is 1. The molecular weight excluding hydrogens is 482 g/mol. The summed E-state index contributed by atoms with van der Waals surface area (Å²) in [7, 11) is 4.45. The molecule has 0 saturated heterocycles. The van der Waals surface area contributed by atoms with E-state index < -0.39 is 0 Å².